The van der Waals surface area contributed by atoms with Crippen LogP contribution in [0.15, 0.2) is 4.99 Å². The van der Waals surface area contributed by atoms with Crippen LogP contribution in [0.3, 0.4) is 0 Å². The number of hydrogen-bond acceptors (Lipinski definition) is 4. The van der Waals surface area contributed by atoms with Crippen molar-refractivity contribution in [1.82, 2.24) is 4.90 Å². The summed E-state index contributed by atoms with van der Waals surface area (Å²) in [5.74, 6) is 0.171. The fourth-order valence-electron chi connectivity index (χ4n) is 0.391. The van der Waals surface area contributed by atoms with Crippen LogP contribution < -0.4 is 11.5 Å². The molecule has 0 unspecified atom stereocenters. The molecule has 9 heteroatoms. The average Bonchev–Trinajstić information content (AvgIpc) is 2.02. The number of nitrogens with two attached hydrogens (primary N) is 2. The Morgan fingerprint density at radius 2 is 2.07 bits per heavy atom. The standard InChI is InChI=1S/C5H13N5.HNO3/c1-3-9-5(8)10(2)4(6)7;2-1(3)4/h3H2,1-2H3,(H3,6,7)(H2,8,9);(H,2,3,4). The Morgan fingerprint density at radius 3 is 2.29 bits per heavy atom. The van der Waals surface area contributed by atoms with Gasteiger partial charge in [-0.2, -0.15) is 0 Å². The highest BCUT2D eigenvalue weighted by Gasteiger charge is 2.01. The number of nitrogens with zero attached hydrogens (tertiary/aromatic N) is 3. The third kappa shape index (κ3) is 9.94. The Morgan fingerprint density at radius 1 is 1.71 bits per heavy atom. The van der Waals surface area contributed by atoms with Gasteiger partial charge >= 0.3 is 0 Å². The molecule has 0 fully saturated rings. The molecule has 0 aliphatic carbocycles. The van der Waals surface area contributed by atoms with Crippen LogP contribution in [-0.4, -0.2) is 40.7 Å². The van der Waals surface area contributed by atoms with E-state index in [1.807, 2.05) is 6.92 Å². The lowest BCUT2D eigenvalue weighted by atomic mass is 10.7. The van der Waals surface area contributed by atoms with E-state index in [0.717, 1.165) is 0 Å². The van der Waals surface area contributed by atoms with E-state index in [2.05, 4.69) is 4.99 Å². The highest BCUT2D eigenvalue weighted by atomic mass is 16.9. The first-order valence-electron chi connectivity index (χ1n) is 3.53. The van der Waals surface area contributed by atoms with E-state index >= 15 is 0 Å². The second-order valence-electron chi connectivity index (χ2n) is 2.01. The Hall–Kier alpha value is -2.06. The molecule has 6 N–H and O–H groups in total. The van der Waals surface area contributed by atoms with Crippen LogP contribution in [0.2, 0.25) is 0 Å². The zero-order valence-electron chi connectivity index (χ0n) is 7.97. The van der Waals surface area contributed by atoms with Crippen molar-refractivity contribution < 1.29 is 10.3 Å². The molecule has 0 aliphatic rings. The predicted molar refractivity (Wildman–Crippen MR) is 50.6 cm³/mol. The fraction of sp³-hybridized carbons (Fsp3) is 0.600. The predicted octanol–water partition coefficient (Wildman–Crippen LogP) is -1.20. The van der Waals surface area contributed by atoms with Gasteiger partial charge in [-0.05, 0) is 6.92 Å². The monoisotopic (exact) mass is 206 g/mol. The summed E-state index contributed by atoms with van der Waals surface area (Å²) in [6.45, 7) is 2.46. The molecule has 82 valence electrons. The molecule has 0 saturated heterocycles. The minimum absolute atomic E-state index is 0.102. The summed E-state index contributed by atoms with van der Waals surface area (Å²) >= 11 is 0. The van der Waals surface area contributed by atoms with E-state index in [1.165, 1.54) is 4.90 Å². The van der Waals surface area contributed by atoms with Crippen LogP contribution in [0.1, 0.15) is 6.92 Å². The van der Waals surface area contributed by atoms with Crippen LogP contribution in [-0.2, 0) is 0 Å². The zero-order chi connectivity index (χ0) is 11.7. The Labute approximate surface area is 80.6 Å². The summed E-state index contributed by atoms with van der Waals surface area (Å²) in [5, 5.41) is 20.6. The van der Waals surface area contributed by atoms with Gasteiger partial charge in [-0.1, -0.05) is 0 Å². The molecule has 0 spiro atoms. The fourth-order valence-corrected chi connectivity index (χ4v) is 0.391. The Balaban J connectivity index is 0. The van der Waals surface area contributed by atoms with E-state index in [-0.39, 0.29) is 11.9 Å². The minimum atomic E-state index is -1.50. The number of aliphatic imine (C=N–C) groups is 1. The molecular formula is C5H14N6O3. The molecule has 0 saturated carbocycles. The normalized spacial score (nSPS) is 9.71. The molecule has 14 heavy (non-hydrogen) atoms. The van der Waals surface area contributed by atoms with Crippen molar-refractivity contribution in [3.63, 3.8) is 0 Å². The van der Waals surface area contributed by atoms with E-state index in [0.29, 0.717) is 6.54 Å². The van der Waals surface area contributed by atoms with Crippen molar-refractivity contribution in [2.24, 2.45) is 16.5 Å². The Kier molecular flexibility index (Phi) is 7.83. The maximum Gasteiger partial charge on any atom is 0.291 e. The van der Waals surface area contributed by atoms with Gasteiger partial charge in [-0.25, -0.2) is 0 Å². The lowest BCUT2D eigenvalue weighted by molar-refractivity contribution is -0.742. The van der Waals surface area contributed by atoms with Gasteiger partial charge in [-0.15, -0.1) is 10.1 Å². The van der Waals surface area contributed by atoms with Gasteiger partial charge in [0.05, 0.1) is 0 Å². The van der Waals surface area contributed by atoms with Crippen LogP contribution in [0.5, 0.6) is 0 Å². The second-order valence-corrected chi connectivity index (χ2v) is 2.01. The number of nitrogens with one attached hydrogen (secondary N) is 1. The van der Waals surface area contributed by atoms with E-state index in [4.69, 9.17) is 32.2 Å². The number of guanidine groups is 2. The van der Waals surface area contributed by atoms with Crippen molar-refractivity contribution in [2.75, 3.05) is 13.6 Å². The first-order valence-corrected chi connectivity index (χ1v) is 3.53. The average molecular weight is 206 g/mol. The van der Waals surface area contributed by atoms with Crippen molar-refractivity contribution >= 4 is 11.9 Å². The van der Waals surface area contributed by atoms with Crippen molar-refractivity contribution in [3.05, 3.63) is 10.1 Å². The van der Waals surface area contributed by atoms with Crippen molar-refractivity contribution in [3.8, 4) is 0 Å². The molecule has 0 aromatic carbocycles. The molecular weight excluding hydrogens is 192 g/mol. The minimum Gasteiger partial charge on any atom is -0.370 e. The second kappa shape index (κ2) is 7.58. The van der Waals surface area contributed by atoms with Gasteiger partial charge < -0.3 is 16.7 Å². The van der Waals surface area contributed by atoms with Crippen LogP contribution in [0, 0.1) is 15.5 Å². The summed E-state index contributed by atoms with van der Waals surface area (Å²) < 4.78 is 0. The summed E-state index contributed by atoms with van der Waals surface area (Å²) in [6, 6.07) is 0. The third-order valence-corrected chi connectivity index (χ3v) is 1.03. The van der Waals surface area contributed by atoms with Gasteiger partial charge in [-0.3, -0.25) is 15.3 Å². The number of rotatable bonds is 1. The molecule has 0 rings (SSSR count). The lowest BCUT2D eigenvalue weighted by Gasteiger charge is -2.14. The third-order valence-electron chi connectivity index (χ3n) is 1.03. The summed E-state index contributed by atoms with van der Waals surface area (Å²) in [6.07, 6.45) is 0. The molecule has 0 heterocycles. The van der Waals surface area contributed by atoms with E-state index in [1.54, 1.807) is 7.05 Å². The summed E-state index contributed by atoms with van der Waals surface area (Å²) in [4.78, 5) is 13.5. The highest BCUT2D eigenvalue weighted by molar-refractivity contribution is 5.95. The molecule has 0 aromatic heterocycles. The van der Waals surface area contributed by atoms with E-state index in [9.17, 15) is 0 Å². The smallest absolute Gasteiger partial charge is 0.291 e. The number of hydrogen-bond donors (Lipinski definition) is 4. The molecule has 0 amide bonds. The lowest BCUT2D eigenvalue weighted by Crippen LogP contribution is -2.42. The topological polar surface area (TPSA) is 155 Å². The van der Waals surface area contributed by atoms with Crippen molar-refractivity contribution in [2.45, 2.75) is 6.92 Å². The first kappa shape index (κ1) is 14.5. The van der Waals surface area contributed by atoms with Gasteiger partial charge in [0.2, 0.25) is 0 Å². The highest BCUT2D eigenvalue weighted by Crippen LogP contribution is 1.79. The van der Waals surface area contributed by atoms with Gasteiger partial charge in [0, 0.05) is 13.6 Å². The first-order chi connectivity index (χ1) is 6.32. The molecule has 9 nitrogen and oxygen atoms in total. The van der Waals surface area contributed by atoms with Crippen molar-refractivity contribution in [1.29, 1.82) is 5.41 Å². The largest absolute Gasteiger partial charge is 0.370 e. The van der Waals surface area contributed by atoms with Gasteiger partial charge in [0.1, 0.15) is 0 Å². The molecule has 0 radical (unpaired) electrons. The van der Waals surface area contributed by atoms with Gasteiger partial charge in [0.15, 0.2) is 11.9 Å². The maximum absolute atomic E-state index is 8.36. The van der Waals surface area contributed by atoms with Gasteiger partial charge in [0.25, 0.3) is 5.09 Å². The summed E-state index contributed by atoms with van der Waals surface area (Å²) in [5.41, 5.74) is 10.5. The SMILES string of the molecule is CCN=C(N)N(C)C(=N)N.O=[N+]([O-])O. The van der Waals surface area contributed by atoms with Crippen LogP contribution in [0.4, 0.5) is 0 Å². The van der Waals surface area contributed by atoms with Crippen LogP contribution >= 0.6 is 0 Å². The molecule has 0 atom stereocenters. The summed E-state index contributed by atoms with van der Waals surface area (Å²) in [7, 11) is 1.59. The maximum atomic E-state index is 8.36. The molecule has 0 bridgehead atoms. The van der Waals surface area contributed by atoms with E-state index < -0.39 is 5.09 Å². The Bertz CT molecular complexity index is 224. The molecule has 0 aliphatic heterocycles. The molecule has 0 aromatic rings. The van der Waals surface area contributed by atoms with Crippen LogP contribution in [0.25, 0.3) is 0 Å². The zero-order valence-corrected chi connectivity index (χ0v) is 7.97. The quantitative estimate of drug-likeness (QED) is 0.183.